The van der Waals surface area contributed by atoms with Gasteiger partial charge in [0.1, 0.15) is 0 Å². The maximum Gasteiger partial charge on any atom is 0.196 e. The molecule has 6 rings (SSSR count). The molecule has 2 heterocycles. The molecule has 138 valence electrons. The summed E-state index contributed by atoms with van der Waals surface area (Å²) in [7, 11) is 0. The molecule has 0 bridgehead atoms. The van der Waals surface area contributed by atoms with Crippen molar-refractivity contribution in [3.63, 3.8) is 0 Å². The molecule has 4 aromatic rings. The van der Waals surface area contributed by atoms with Gasteiger partial charge in [-0.3, -0.25) is 9.59 Å². The fourth-order valence-electron chi connectivity index (χ4n) is 4.81. The summed E-state index contributed by atoms with van der Waals surface area (Å²) in [5, 5.41) is 0. The van der Waals surface area contributed by atoms with Gasteiger partial charge in [0, 0.05) is 23.2 Å². The van der Waals surface area contributed by atoms with Gasteiger partial charge in [-0.2, -0.15) is 0 Å². The first-order valence-corrected chi connectivity index (χ1v) is 9.84. The highest BCUT2D eigenvalue weighted by Crippen LogP contribution is 2.45. The zero-order valence-electron chi connectivity index (χ0n) is 15.7. The topological polar surface area (TPSA) is 39.1 Å². The van der Waals surface area contributed by atoms with Crippen LogP contribution in [-0.4, -0.2) is 16.1 Å². The number of hydrogen-bond acceptors (Lipinski definition) is 2. The Kier molecular flexibility index (Phi) is 3.30. The van der Waals surface area contributed by atoms with Crippen LogP contribution in [0.25, 0.3) is 22.5 Å². The van der Waals surface area contributed by atoms with Crippen molar-refractivity contribution >= 4 is 11.6 Å². The zero-order chi connectivity index (χ0) is 19.5. The normalized spacial score (nSPS) is 14.1. The Balaban J connectivity index is 1.77. The van der Waals surface area contributed by atoms with Crippen LogP contribution >= 0.6 is 0 Å². The summed E-state index contributed by atoms with van der Waals surface area (Å²) in [5.74, 6) is -0.119. The van der Waals surface area contributed by atoms with Crippen LogP contribution < -0.4 is 0 Å². The molecule has 0 fully saturated rings. The maximum atomic E-state index is 13.6. The molecule has 0 saturated carbocycles. The van der Waals surface area contributed by atoms with E-state index in [1.54, 1.807) is 12.1 Å². The number of aryl methyl sites for hydroxylation is 1. The van der Waals surface area contributed by atoms with E-state index in [0.29, 0.717) is 22.3 Å². The number of ketones is 2. The summed E-state index contributed by atoms with van der Waals surface area (Å²) in [6, 6.07) is 25.3. The molecule has 0 atom stereocenters. The second-order valence-corrected chi connectivity index (χ2v) is 7.58. The van der Waals surface area contributed by atoms with Gasteiger partial charge in [0.15, 0.2) is 11.6 Å². The molecule has 0 spiro atoms. The Labute approximate surface area is 168 Å². The number of rotatable bonds is 1. The first kappa shape index (κ1) is 16.3. The van der Waals surface area contributed by atoms with Crippen LogP contribution in [0.2, 0.25) is 0 Å². The van der Waals surface area contributed by atoms with Crippen LogP contribution in [0.3, 0.4) is 0 Å². The summed E-state index contributed by atoms with van der Waals surface area (Å²) in [4.78, 5) is 27.2. The van der Waals surface area contributed by atoms with E-state index >= 15 is 0 Å². The third kappa shape index (κ3) is 2.13. The fraction of sp³-hybridized carbons (Fsp3) is 0.0769. The van der Waals surface area contributed by atoms with E-state index in [1.807, 2.05) is 54.6 Å². The number of benzene rings is 3. The minimum atomic E-state index is -0.0616. The molecule has 3 heteroatoms. The van der Waals surface area contributed by atoms with Crippen LogP contribution in [0, 0.1) is 0 Å². The molecule has 1 aromatic heterocycles. The lowest BCUT2D eigenvalue weighted by atomic mass is 9.82. The third-order valence-electron chi connectivity index (χ3n) is 6.06. The van der Waals surface area contributed by atoms with E-state index in [-0.39, 0.29) is 11.6 Å². The standard InChI is InChI=1S/C26H17NO2/c28-25-19-12-6-7-13-20(19)26(29)22-21(25)23(17-9-2-1-3-10-17)27-15-14-16-8-4-5-11-18(16)24(22)27/h1-13H,14-15H2. The molecule has 29 heavy (non-hydrogen) atoms. The SMILES string of the molecule is O=C1c2ccccc2C(=O)c2c1c(-c1ccccc1)n1c2-c2ccccc2CC1. The second-order valence-electron chi connectivity index (χ2n) is 7.58. The quantitative estimate of drug-likeness (QED) is 0.406. The van der Waals surface area contributed by atoms with Gasteiger partial charge in [0.25, 0.3) is 0 Å². The van der Waals surface area contributed by atoms with Crippen molar-refractivity contribution in [3.8, 4) is 22.5 Å². The monoisotopic (exact) mass is 375 g/mol. The smallest absolute Gasteiger partial charge is 0.196 e. The summed E-state index contributed by atoms with van der Waals surface area (Å²) >= 11 is 0. The Bertz CT molecular complexity index is 1280. The van der Waals surface area contributed by atoms with Crippen molar-refractivity contribution in [1.82, 2.24) is 4.57 Å². The van der Waals surface area contributed by atoms with E-state index in [1.165, 1.54) is 5.56 Å². The van der Waals surface area contributed by atoms with E-state index in [0.717, 1.165) is 35.5 Å². The zero-order valence-corrected chi connectivity index (χ0v) is 15.7. The third-order valence-corrected chi connectivity index (χ3v) is 6.06. The van der Waals surface area contributed by atoms with Crippen molar-refractivity contribution < 1.29 is 9.59 Å². The second kappa shape index (κ2) is 5.89. The van der Waals surface area contributed by atoms with Gasteiger partial charge in [0.2, 0.25) is 0 Å². The maximum absolute atomic E-state index is 13.6. The van der Waals surface area contributed by atoms with Crippen LogP contribution in [0.15, 0.2) is 78.9 Å². The van der Waals surface area contributed by atoms with Gasteiger partial charge < -0.3 is 4.57 Å². The molecule has 0 saturated heterocycles. The van der Waals surface area contributed by atoms with E-state index < -0.39 is 0 Å². The number of fused-ring (bicyclic) bond motifs is 6. The molecule has 2 aliphatic rings. The Morgan fingerprint density at radius 1 is 0.586 bits per heavy atom. The van der Waals surface area contributed by atoms with Gasteiger partial charge in [-0.05, 0) is 17.5 Å². The molecule has 0 amide bonds. The lowest BCUT2D eigenvalue weighted by Gasteiger charge is -2.22. The first-order chi connectivity index (χ1) is 14.3. The largest absolute Gasteiger partial charge is 0.339 e. The number of aromatic nitrogens is 1. The van der Waals surface area contributed by atoms with Crippen molar-refractivity contribution in [3.05, 3.63) is 107 Å². The number of carbonyl (C=O) groups is 2. The molecule has 1 aliphatic heterocycles. The predicted molar refractivity (Wildman–Crippen MR) is 112 cm³/mol. The van der Waals surface area contributed by atoms with Gasteiger partial charge in [-0.15, -0.1) is 0 Å². The summed E-state index contributed by atoms with van der Waals surface area (Å²) in [5.41, 5.74) is 7.09. The highest BCUT2D eigenvalue weighted by Gasteiger charge is 2.39. The molecule has 0 radical (unpaired) electrons. The van der Waals surface area contributed by atoms with Gasteiger partial charge in [-0.1, -0.05) is 78.9 Å². The lowest BCUT2D eigenvalue weighted by molar-refractivity contribution is 0.0981. The van der Waals surface area contributed by atoms with Gasteiger partial charge in [0.05, 0.1) is 22.5 Å². The number of hydrogen-bond donors (Lipinski definition) is 0. The number of carbonyl (C=O) groups excluding carboxylic acids is 2. The Morgan fingerprint density at radius 3 is 1.83 bits per heavy atom. The van der Waals surface area contributed by atoms with Crippen molar-refractivity contribution in [1.29, 1.82) is 0 Å². The minimum absolute atomic E-state index is 0.0576. The van der Waals surface area contributed by atoms with Gasteiger partial charge >= 0.3 is 0 Å². The fourth-order valence-corrected chi connectivity index (χ4v) is 4.81. The average Bonchev–Trinajstić information content (AvgIpc) is 3.14. The molecule has 3 aromatic carbocycles. The molecular weight excluding hydrogens is 358 g/mol. The number of nitrogens with zero attached hydrogens (tertiary/aromatic N) is 1. The van der Waals surface area contributed by atoms with Crippen molar-refractivity contribution in [2.45, 2.75) is 13.0 Å². The van der Waals surface area contributed by atoms with Crippen molar-refractivity contribution in [2.24, 2.45) is 0 Å². The molecule has 0 N–H and O–H groups in total. The van der Waals surface area contributed by atoms with Crippen LogP contribution in [0.1, 0.15) is 37.4 Å². The molecular formula is C26H17NO2. The minimum Gasteiger partial charge on any atom is -0.339 e. The van der Waals surface area contributed by atoms with Crippen LogP contribution in [0.5, 0.6) is 0 Å². The molecule has 0 unspecified atom stereocenters. The summed E-state index contributed by atoms with van der Waals surface area (Å²) in [6.07, 6.45) is 0.881. The molecule has 1 aliphatic carbocycles. The van der Waals surface area contributed by atoms with Crippen LogP contribution in [0.4, 0.5) is 0 Å². The highest BCUT2D eigenvalue weighted by atomic mass is 16.1. The average molecular weight is 375 g/mol. The van der Waals surface area contributed by atoms with E-state index in [4.69, 9.17) is 0 Å². The van der Waals surface area contributed by atoms with Crippen molar-refractivity contribution in [2.75, 3.05) is 0 Å². The molecule has 3 nitrogen and oxygen atoms in total. The Morgan fingerprint density at radius 2 is 1.14 bits per heavy atom. The summed E-state index contributed by atoms with van der Waals surface area (Å²) in [6.45, 7) is 0.750. The van der Waals surface area contributed by atoms with E-state index in [9.17, 15) is 9.59 Å². The predicted octanol–water partition coefficient (Wildman–Crippen LogP) is 5.15. The Hall–Kier alpha value is -3.72. The first-order valence-electron chi connectivity index (χ1n) is 9.84. The summed E-state index contributed by atoms with van der Waals surface area (Å²) < 4.78 is 2.18. The van der Waals surface area contributed by atoms with Gasteiger partial charge in [-0.25, -0.2) is 0 Å². The van der Waals surface area contributed by atoms with E-state index in [2.05, 4.69) is 16.7 Å². The highest BCUT2D eigenvalue weighted by molar-refractivity contribution is 6.32. The lowest BCUT2D eigenvalue weighted by Crippen LogP contribution is -2.20. The van der Waals surface area contributed by atoms with Crippen LogP contribution in [-0.2, 0) is 13.0 Å².